The van der Waals surface area contributed by atoms with Crippen molar-refractivity contribution in [1.29, 1.82) is 0 Å². The summed E-state index contributed by atoms with van der Waals surface area (Å²) in [6.45, 7) is 4.58. The van der Waals surface area contributed by atoms with Gasteiger partial charge in [-0.25, -0.2) is 0 Å². The van der Waals surface area contributed by atoms with Gasteiger partial charge in [0, 0.05) is 0 Å². The van der Waals surface area contributed by atoms with Crippen LogP contribution < -0.4 is 0 Å². The summed E-state index contributed by atoms with van der Waals surface area (Å²) in [5.41, 5.74) is 0. The summed E-state index contributed by atoms with van der Waals surface area (Å²) < 4.78 is 56.3. The Labute approximate surface area is 157 Å². The van der Waals surface area contributed by atoms with Gasteiger partial charge in [-0.1, -0.05) is 104 Å². The van der Waals surface area contributed by atoms with Crippen molar-refractivity contribution in [2.24, 2.45) is 0 Å². The monoisotopic (exact) mass is 444 g/mol. The zero-order valence-corrected chi connectivity index (χ0v) is 18.2. The molecule has 9 heteroatoms. The van der Waals surface area contributed by atoms with Crippen LogP contribution >= 0.6 is 0 Å². The molecule has 0 saturated carbocycles. The molecule has 0 atom stereocenters. The van der Waals surface area contributed by atoms with Crippen LogP contribution in [0.3, 0.4) is 0 Å². The summed E-state index contributed by atoms with van der Waals surface area (Å²) >= 11 is -11.5. The molecule has 0 aromatic carbocycles. The Morgan fingerprint density at radius 2 is 0.720 bits per heavy atom. The van der Waals surface area contributed by atoms with E-state index >= 15 is 0 Å². The molecule has 0 rings (SSSR count). The maximum absolute atomic E-state index is 9.53. The van der Waals surface area contributed by atoms with Crippen molar-refractivity contribution in [3.63, 3.8) is 0 Å². The zero-order valence-electron chi connectivity index (χ0n) is 15.7. The molecule has 154 valence electrons. The van der Waals surface area contributed by atoms with Gasteiger partial charge < -0.3 is 0 Å². The van der Waals surface area contributed by atoms with Crippen molar-refractivity contribution in [2.45, 2.75) is 104 Å². The van der Waals surface area contributed by atoms with Crippen LogP contribution in [0.4, 0.5) is 0 Å². The molecular weight excluding hydrogens is 408 g/mol. The van der Waals surface area contributed by atoms with E-state index in [9.17, 15) is 15.2 Å². The van der Waals surface area contributed by atoms with E-state index in [1.165, 1.54) is 89.9 Å². The van der Waals surface area contributed by atoms with Crippen molar-refractivity contribution in [1.82, 2.24) is 0 Å². The Balaban J connectivity index is 0. The fourth-order valence-electron chi connectivity index (χ4n) is 2.38. The first-order chi connectivity index (χ1) is 11.6. The van der Waals surface area contributed by atoms with E-state index in [0.29, 0.717) is 0 Å². The van der Waals surface area contributed by atoms with Gasteiger partial charge >= 0.3 is 53.6 Å². The van der Waals surface area contributed by atoms with Gasteiger partial charge in [-0.15, -0.1) is 0 Å². The van der Waals surface area contributed by atoms with Crippen LogP contribution in [-0.4, -0.2) is 8.32 Å². The Morgan fingerprint density at radius 3 is 0.840 bits per heavy atom. The van der Waals surface area contributed by atoms with Gasteiger partial charge in [-0.3, -0.25) is 0 Å². The van der Waals surface area contributed by atoms with Gasteiger partial charge in [0.15, 0.2) is 0 Å². The zero-order chi connectivity index (χ0) is 19.6. The molecule has 0 aliphatic rings. The average molecular weight is 444 g/mol. The van der Waals surface area contributed by atoms with Crippen molar-refractivity contribution >= 4 is 0 Å². The van der Waals surface area contributed by atoms with Gasteiger partial charge in [0.05, 0.1) is 0 Å². The van der Waals surface area contributed by atoms with E-state index in [1.54, 1.807) is 0 Å². The fraction of sp³-hybridized carbons (Fsp3) is 1.00. The van der Waals surface area contributed by atoms with Gasteiger partial charge in [-0.05, 0) is 0 Å². The molecule has 0 fully saturated rings. The molecule has 0 saturated heterocycles. The first-order valence-corrected chi connectivity index (χ1v) is 13.5. The van der Waals surface area contributed by atoms with Crippen molar-refractivity contribution in [2.75, 3.05) is 0 Å². The molecule has 0 spiro atoms. The second kappa shape index (κ2) is 17.6. The molecule has 0 radical (unpaired) electrons. The van der Waals surface area contributed by atoms with E-state index in [0.717, 1.165) is 0 Å². The SMILES string of the molecule is CCCCCCCCCCCCCCCC.[O]=[Cr](=[O])([OH])[O][Cr](=[O])(=[O])[OH]. The normalized spacial score (nSPS) is 11.8. The number of hydrogen-bond donors (Lipinski definition) is 2. The van der Waals surface area contributed by atoms with E-state index in [4.69, 9.17) is 8.32 Å². The van der Waals surface area contributed by atoms with E-state index in [-0.39, 0.29) is 0 Å². The van der Waals surface area contributed by atoms with Crippen molar-refractivity contribution in [3.8, 4) is 0 Å². The minimum absolute atomic E-state index is 1.37. The van der Waals surface area contributed by atoms with Gasteiger partial charge in [0.1, 0.15) is 0 Å². The molecule has 25 heavy (non-hydrogen) atoms. The number of unbranched alkanes of at least 4 members (excludes halogenated alkanes) is 13. The fourth-order valence-corrected chi connectivity index (χ4v) is 4.11. The molecular formula is C16H36Cr2O7. The maximum atomic E-state index is 9.53. The summed E-state index contributed by atoms with van der Waals surface area (Å²) in [4.78, 5) is 0. The predicted octanol–water partition coefficient (Wildman–Crippen LogP) is 4.83. The molecule has 0 aliphatic heterocycles. The second-order valence-corrected chi connectivity index (χ2v) is 9.93. The van der Waals surface area contributed by atoms with Gasteiger partial charge in [0.2, 0.25) is 0 Å². The molecule has 0 heterocycles. The van der Waals surface area contributed by atoms with Crippen LogP contribution in [0.1, 0.15) is 104 Å². The van der Waals surface area contributed by atoms with E-state index in [1.807, 2.05) is 0 Å². The quantitative estimate of drug-likeness (QED) is 0.348. The van der Waals surface area contributed by atoms with Gasteiger partial charge in [-0.2, -0.15) is 0 Å². The van der Waals surface area contributed by atoms with Crippen LogP contribution in [-0.2, 0) is 45.3 Å². The van der Waals surface area contributed by atoms with Crippen LogP contribution in [0.2, 0.25) is 0 Å². The molecule has 0 aliphatic carbocycles. The summed E-state index contributed by atoms with van der Waals surface area (Å²) in [6, 6.07) is 0. The number of hydrogen-bond acceptors (Lipinski definition) is 5. The third-order valence-electron chi connectivity index (χ3n) is 3.63. The van der Waals surface area contributed by atoms with Crippen molar-refractivity contribution < 1.29 is 53.6 Å². The molecule has 0 aromatic rings. The summed E-state index contributed by atoms with van der Waals surface area (Å²) in [5, 5.41) is 0. The molecule has 2 N–H and O–H groups in total. The molecule has 0 bridgehead atoms. The molecule has 0 amide bonds. The number of rotatable bonds is 15. The molecule has 7 nitrogen and oxygen atoms in total. The molecule has 0 aromatic heterocycles. The van der Waals surface area contributed by atoms with Crippen LogP contribution in [0.15, 0.2) is 0 Å². The van der Waals surface area contributed by atoms with Crippen LogP contribution in [0.25, 0.3) is 0 Å². The Morgan fingerprint density at radius 1 is 0.520 bits per heavy atom. The Hall–Kier alpha value is 0.145. The van der Waals surface area contributed by atoms with E-state index in [2.05, 4.69) is 16.7 Å². The van der Waals surface area contributed by atoms with Gasteiger partial charge in [0.25, 0.3) is 0 Å². The predicted molar refractivity (Wildman–Crippen MR) is 84.3 cm³/mol. The van der Waals surface area contributed by atoms with Crippen molar-refractivity contribution in [3.05, 3.63) is 0 Å². The Bertz CT molecular complexity index is 429. The first-order valence-electron chi connectivity index (χ1n) is 9.28. The average Bonchev–Trinajstić information content (AvgIpc) is 2.45. The van der Waals surface area contributed by atoms with Crippen LogP contribution in [0, 0.1) is 0 Å². The Kier molecular flexibility index (Phi) is 19.2. The first kappa shape index (κ1) is 27.4. The third-order valence-corrected chi connectivity index (χ3v) is 6.38. The standard InChI is InChI=1S/C16H34.2Cr.2H2O.5O/c1-3-5-7-9-11-13-15-16-14-12-10-8-6-4-2;;;;;;;;;/h3-16H2,1-2H3;;;2*1H2;;;;;/q;2*+1;;;;;;;/p-2. The summed E-state index contributed by atoms with van der Waals surface area (Å²) in [6.07, 6.45) is 20.4. The van der Waals surface area contributed by atoms with Crippen LogP contribution in [0.5, 0.6) is 0 Å². The molecule has 0 unspecified atom stereocenters. The third kappa shape index (κ3) is 32.3. The minimum atomic E-state index is -5.76. The topological polar surface area (TPSA) is 118 Å². The second-order valence-electron chi connectivity index (χ2n) is 6.17. The summed E-state index contributed by atoms with van der Waals surface area (Å²) in [7, 11) is 0. The summed E-state index contributed by atoms with van der Waals surface area (Å²) in [5.74, 6) is 0. The van der Waals surface area contributed by atoms with E-state index < -0.39 is 27.2 Å².